The maximum absolute atomic E-state index is 13.5. The molecule has 0 aliphatic carbocycles. The summed E-state index contributed by atoms with van der Waals surface area (Å²) < 4.78 is 36.2. The number of Topliss-reactive ketones (excluding diaryl/α,β-unsaturated/α-hetero) is 1. The normalized spacial score (nSPS) is 11.8. The van der Waals surface area contributed by atoms with Gasteiger partial charge in [0, 0.05) is 13.0 Å². The number of esters is 1. The minimum absolute atomic E-state index is 0.0898. The van der Waals surface area contributed by atoms with Crippen LogP contribution in [0.1, 0.15) is 24.2 Å². The summed E-state index contributed by atoms with van der Waals surface area (Å²) in [4.78, 5) is 22.1. The Morgan fingerprint density at radius 2 is 2.00 bits per heavy atom. The molecule has 0 radical (unpaired) electrons. The molecule has 0 heterocycles. The van der Waals surface area contributed by atoms with Crippen LogP contribution in [0.4, 0.5) is 8.78 Å². The number of carbonyl (C=O) groups is 2. The van der Waals surface area contributed by atoms with Gasteiger partial charge in [-0.15, -0.1) is 0 Å². The van der Waals surface area contributed by atoms with E-state index in [0.717, 1.165) is 6.07 Å². The fourth-order valence-corrected chi connectivity index (χ4v) is 1.74. The molecule has 110 valence electrons. The van der Waals surface area contributed by atoms with Crippen molar-refractivity contribution in [3.8, 4) is 5.75 Å². The van der Waals surface area contributed by atoms with E-state index in [2.05, 4.69) is 20.7 Å². The van der Waals surface area contributed by atoms with Crippen molar-refractivity contribution in [3.05, 3.63) is 28.0 Å². The number of alkyl halides is 1. The van der Waals surface area contributed by atoms with Gasteiger partial charge in [-0.1, -0.05) is 0 Å². The molecule has 20 heavy (non-hydrogen) atoms. The second kappa shape index (κ2) is 7.33. The van der Waals surface area contributed by atoms with Crippen LogP contribution in [0.25, 0.3) is 0 Å². The van der Waals surface area contributed by atoms with Crippen LogP contribution >= 0.6 is 15.9 Å². The van der Waals surface area contributed by atoms with Crippen molar-refractivity contribution in [1.82, 2.24) is 0 Å². The van der Waals surface area contributed by atoms with E-state index in [1.807, 2.05) is 0 Å². The van der Waals surface area contributed by atoms with Gasteiger partial charge in [-0.3, -0.25) is 9.59 Å². The van der Waals surface area contributed by atoms with Crippen LogP contribution in [0.2, 0.25) is 0 Å². The molecule has 1 atom stereocenters. The summed E-state index contributed by atoms with van der Waals surface area (Å²) in [7, 11) is 0. The molecular formula is C13H13BrF2O4. The first-order valence-electron chi connectivity index (χ1n) is 5.71. The lowest BCUT2D eigenvalue weighted by Crippen LogP contribution is -2.27. The Kier molecular flexibility index (Phi) is 6.06. The Morgan fingerprint density at radius 3 is 2.50 bits per heavy atom. The minimum atomic E-state index is -1.10. The summed E-state index contributed by atoms with van der Waals surface area (Å²) in [5.41, 5.74) is 0.111. The molecular weight excluding hydrogens is 338 g/mol. The van der Waals surface area contributed by atoms with Gasteiger partial charge in [-0.25, -0.2) is 8.78 Å². The van der Waals surface area contributed by atoms with Crippen molar-refractivity contribution < 1.29 is 27.8 Å². The van der Waals surface area contributed by atoms with Crippen LogP contribution in [-0.2, 0) is 9.53 Å². The van der Waals surface area contributed by atoms with E-state index < -0.39 is 24.6 Å². The summed E-state index contributed by atoms with van der Waals surface area (Å²) in [5, 5.41) is 0. The number of hydrogen-bond donors (Lipinski definition) is 0. The molecule has 0 spiro atoms. The van der Waals surface area contributed by atoms with Gasteiger partial charge in [-0.05, 0) is 28.9 Å². The fourth-order valence-electron chi connectivity index (χ4n) is 1.40. The van der Waals surface area contributed by atoms with E-state index in [4.69, 9.17) is 4.74 Å². The second-order valence-electron chi connectivity index (χ2n) is 4.02. The zero-order valence-corrected chi connectivity index (χ0v) is 12.5. The predicted molar refractivity (Wildman–Crippen MR) is 71.1 cm³/mol. The molecule has 0 amide bonds. The molecule has 0 aliphatic rings. The monoisotopic (exact) mass is 350 g/mol. The highest BCUT2D eigenvalue weighted by molar-refractivity contribution is 9.10. The average molecular weight is 351 g/mol. The average Bonchev–Trinajstić information content (AvgIpc) is 2.37. The minimum Gasteiger partial charge on any atom is -0.483 e. The maximum Gasteiger partial charge on any atom is 0.302 e. The molecule has 0 aliphatic heterocycles. The van der Waals surface area contributed by atoms with E-state index in [-0.39, 0.29) is 28.2 Å². The van der Waals surface area contributed by atoms with Gasteiger partial charge < -0.3 is 9.47 Å². The van der Waals surface area contributed by atoms with Gasteiger partial charge in [0.05, 0.1) is 10.0 Å². The summed E-state index contributed by atoms with van der Waals surface area (Å²) in [6, 6.07) is 2.24. The molecule has 4 nitrogen and oxygen atoms in total. The number of ether oxygens (including phenoxy) is 2. The Bertz CT molecular complexity index is 519. The van der Waals surface area contributed by atoms with Gasteiger partial charge >= 0.3 is 5.97 Å². The smallest absolute Gasteiger partial charge is 0.302 e. The molecule has 7 heteroatoms. The zero-order chi connectivity index (χ0) is 15.3. The van der Waals surface area contributed by atoms with Gasteiger partial charge in [-0.2, -0.15) is 0 Å². The Labute approximate surface area is 123 Å². The number of benzene rings is 1. The topological polar surface area (TPSA) is 52.6 Å². The fraction of sp³-hybridized carbons (Fsp3) is 0.385. The maximum atomic E-state index is 13.5. The van der Waals surface area contributed by atoms with Gasteiger partial charge in [0.2, 0.25) is 0 Å². The van der Waals surface area contributed by atoms with Crippen molar-refractivity contribution >= 4 is 27.7 Å². The van der Waals surface area contributed by atoms with Crippen LogP contribution in [0.15, 0.2) is 16.6 Å². The first kappa shape index (κ1) is 16.6. The lowest BCUT2D eigenvalue weighted by molar-refractivity contribution is -0.143. The summed E-state index contributed by atoms with van der Waals surface area (Å²) in [6.45, 7) is 1.20. The molecule has 0 saturated heterocycles. The van der Waals surface area contributed by atoms with E-state index in [1.54, 1.807) is 0 Å². The standard InChI is InChI=1S/C13H13BrF2O4/c1-7(17)10-3-11(14)12(16)4-13(10)20-9(5-15)6-19-8(2)18/h3-4,9H,5-6H2,1-2H3. The van der Waals surface area contributed by atoms with Crippen LogP contribution in [0.5, 0.6) is 5.75 Å². The molecule has 0 N–H and O–H groups in total. The van der Waals surface area contributed by atoms with E-state index in [9.17, 15) is 18.4 Å². The molecule has 1 aromatic carbocycles. The molecule has 0 bridgehead atoms. The van der Waals surface area contributed by atoms with Gasteiger partial charge in [0.1, 0.15) is 24.8 Å². The van der Waals surface area contributed by atoms with Crippen LogP contribution in [0, 0.1) is 5.82 Å². The van der Waals surface area contributed by atoms with Crippen LogP contribution < -0.4 is 4.74 Å². The predicted octanol–water partition coefficient (Wildman–Crippen LogP) is 3.07. The Morgan fingerprint density at radius 1 is 1.35 bits per heavy atom. The Hall–Kier alpha value is -1.50. The highest BCUT2D eigenvalue weighted by Gasteiger charge is 2.18. The van der Waals surface area contributed by atoms with Crippen molar-refractivity contribution in [2.24, 2.45) is 0 Å². The van der Waals surface area contributed by atoms with Gasteiger partial charge in [0.25, 0.3) is 0 Å². The lowest BCUT2D eigenvalue weighted by atomic mass is 10.1. The van der Waals surface area contributed by atoms with Crippen molar-refractivity contribution in [1.29, 1.82) is 0 Å². The summed E-state index contributed by atoms with van der Waals surface area (Å²) >= 11 is 2.96. The van der Waals surface area contributed by atoms with E-state index in [1.165, 1.54) is 19.9 Å². The number of halogens is 3. The molecule has 0 fully saturated rings. The summed E-state index contributed by atoms with van der Waals surface area (Å²) in [6.07, 6.45) is -1.10. The highest BCUT2D eigenvalue weighted by Crippen LogP contribution is 2.27. The third-order valence-electron chi connectivity index (χ3n) is 2.34. The quantitative estimate of drug-likeness (QED) is 0.584. The molecule has 1 unspecified atom stereocenters. The van der Waals surface area contributed by atoms with Crippen molar-refractivity contribution in [3.63, 3.8) is 0 Å². The molecule has 0 aromatic heterocycles. The van der Waals surface area contributed by atoms with E-state index in [0.29, 0.717) is 0 Å². The number of hydrogen-bond acceptors (Lipinski definition) is 4. The largest absolute Gasteiger partial charge is 0.483 e. The molecule has 1 rings (SSSR count). The van der Waals surface area contributed by atoms with Crippen LogP contribution in [-0.4, -0.2) is 31.1 Å². The van der Waals surface area contributed by atoms with Crippen molar-refractivity contribution in [2.45, 2.75) is 20.0 Å². The third kappa shape index (κ3) is 4.56. The van der Waals surface area contributed by atoms with Crippen molar-refractivity contribution in [2.75, 3.05) is 13.3 Å². The first-order chi connectivity index (χ1) is 9.35. The SMILES string of the molecule is CC(=O)OCC(CF)Oc1cc(F)c(Br)cc1C(C)=O. The van der Waals surface area contributed by atoms with Crippen LogP contribution in [0.3, 0.4) is 0 Å². The van der Waals surface area contributed by atoms with E-state index >= 15 is 0 Å². The Balaban J connectivity index is 2.96. The zero-order valence-electron chi connectivity index (χ0n) is 10.9. The second-order valence-corrected chi connectivity index (χ2v) is 4.87. The number of rotatable bonds is 6. The lowest BCUT2D eigenvalue weighted by Gasteiger charge is -2.18. The molecule has 0 saturated carbocycles. The van der Waals surface area contributed by atoms with Gasteiger partial charge in [0.15, 0.2) is 11.9 Å². The third-order valence-corrected chi connectivity index (χ3v) is 2.95. The number of ketones is 1. The highest BCUT2D eigenvalue weighted by atomic mass is 79.9. The number of carbonyl (C=O) groups excluding carboxylic acids is 2. The summed E-state index contributed by atoms with van der Waals surface area (Å²) in [5.74, 6) is -1.67. The first-order valence-corrected chi connectivity index (χ1v) is 6.50. The molecule has 1 aromatic rings.